The molecule has 0 amide bonds. The Labute approximate surface area is 208 Å². The lowest BCUT2D eigenvalue weighted by atomic mass is 10.1. The minimum atomic E-state index is 0.259. The summed E-state index contributed by atoms with van der Waals surface area (Å²) in [6.45, 7) is 12.3. The minimum Gasteiger partial charge on any atom is -0.507 e. The third-order valence-corrected chi connectivity index (χ3v) is 6.60. The van der Waals surface area contributed by atoms with E-state index in [0.717, 1.165) is 74.0 Å². The van der Waals surface area contributed by atoms with E-state index in [0.29, 0.717) is 13.2 Å². The zero-order chi connectivity index (χ0) is 24.6. The van der Waals surface area contributed by atoms with Crippen molar-refractivity contribution in [3.8, 4) is 17.1 Å². The summed E-state index contributed by atoms with van der Waals surface area (Å²) in [6, 6.07) is 7.48. The summed E-state index contributed by atoms with van der Waals surface area (Å²) < 4.78 is 13.5. The lowest BCUT2D eigenvalue weighted by Crippen LogP contribution is -2.31. The molecule has 1 unspecified atom stereocenters. The fourth-order valence-corrected chi connectivity index (χ4v) is 4.69. The molecule has 186 valence electrons. The molecule has 6 nitrogen and oxygen atoms in total. The van der Waals surface area contributed by atoms with Crippen molar-refractivity contribution in [3.05, 3.63) is 84.1 Å². The van der Waals surface area contributed by atoms with E-state index in [1.54, 1.807) is 6.07 Å². The summed E-state index contributed by atoms with van der Waals surface area (Å²) in [5, 5.41) is 10.6. The van der Waals surface area contributed by atoms with Gasteiger partial charge in [0.2, 0.25) is 6.79 Å². The number of aromatic hydroxyl groups is 1. The Kier molecular flexibility index (Phi) is 8.48. The topological polar surface area (TPSA) is 59.8 Å². The highest BCUT2D eigenvalue weighted by Gasteiger charge is 2.22. The number of hydrogen-bond acceptors (Lipinski definition) is 5. The first kappa shape index (κ1) is 24.9. The Morgan fingerprint density at radius 3 is 2.83 bits per heavy atom. The lowest BCUT2D eigenvalue weighted by molar-refractivity contribution is 0.0970. The van der Waals surface area contributed by atoms with Crippen molar-refractivity contribution in [2.75, 3.05) is 26.4 Å². The van der Waals surface area contributed by atoms with Crippen molar-refractivity contribution >= 4 is 0 Å². The molecular formula is C29H37N3O3. The van der Waals surface area contributed by atoms with E-state index in [1.165, 1.54) is 5.69 Å². The smallest absolute Gasteiger partial charge is 0.231 e. The van der Waals surface area contributed by atoms with Crippen LogP contribution in [-0.4, -0.2) is 46.0 Å². The number of allylic oxidation sites excluding steroid dienone is 3. The quantitative estimate of drug-likeness (QED) is 0.405. The number of unbranched alkanes of at least 4 members (excludes halogenated alkanes) is 1. The predicted molar refractivity (Wildman–Crippen MR) is 140 cm³/mol. The third-order valence-electron chi connectivity index (χ3n) is 6.60. The van der Waals surface area contributed by atoms with E-state index in [-0.39, 0.29) is 11.7 Å². The van der Waals surface area contributed by atoms with Crippen LogP contribution in [0.2, 0.25) is 0 Å². The summed E-state index contributed by atoms with van der Waals surface area (Å²) >= 11 is 0. The van der Waals surface area contributed by atoms with Gasteiger partial charge in [-0.05, 0) is 37.3 Å². The van der Waals surface area contributed by atoms with Crippen LogP contribution in [0.5, 0.6) is 5.75 Å². The second kappa shape index (κ2) is 11.9. The Hall–Kier alpha value is -3.25. The van der Waals surface area contributed by atoms with Gasteiger partial charge in [0.1, 0.15) is 11.6 Å². The first-order chi connectivity index (χ1) is 17.1. The molecule has 6 heteroatoms. The molecule has 0 radical (unpaired) electrons. The molecule has 1 N–H and O–H groups in total. The standard InChI is InChI=1S/C29H37N3O3/c1-4-7-17-32-25(24(11-5-2)30-29(32)23-13-8-9-14-26(23)33)16-18-31(6-3)20-22-12-10-15-27-28(19-22)35-21-34-27/h5,8-10,12-15,19,22,33H,2,4,6-7,11,16-18,20-21H2,1,3H3. The first-order valence-electron chi connectivity index (χ1n) is 12.7. The maximum Gasteiger partial charge on any atom is 0.231 e. The average Bonchev–Trinajstić information content (AvgIpc) is 3.39. The van der Waals surface area contributed by atoms with Gasteiger partial charge in [0.25, 0.3) is 0 Å². The molecule has 1 aromatic carbocycles. The average molecular weight is 476 g/mol. The fraction of sp³-hybridized carbons (Fsp3) is 0.414. The van der Waals surface area contributed by atoms with Gasteiger partial charge >= 0.3 is 0 Å². The molecule has 1 atom stereocenters. The van der Waals surface area contributed by atoms with Crippen molar-refractivity contribution in [1.82, 2.24) is 14.5 Å². The molecule has 1 aromatic heterocycles. The van der Waals surface area contributed by atoms with Gasteiger partial charge in [-0.1, -0.05) is 50.6 Å². The summed E-state index contributed by atoms with van der Waals surface area (Å²) in [5.74, 6) is 3.03. The molecule has 1 aliphatic carbocycles. The number of nitrogens with zero attached hydrogens (tertiary/aromatic N) is 3. The van der Waals surface area contributed by atoms with Crippen LogP contribution in [0, 0.1) is 5.92 Å². The van der Waals surface area contributed by atoms with Gasteiger partial charge in [0, 0.05) is 44.1 Å². The third kappa shape index (κ3) is 5.88. The second-order valence-electron chi connectivity index (χ2n) is 9.00. The van der Waals surface area contributed by atoms with Gasteiger partial charge in [0.15, 0.2) is 11.5 Å². The fourth-order valence-electron chi connectivity index (χ4n) is 4.69. The number of phenols is 1. The molecule has 4 rings (SSSR count). The number of rotatable bonds is 12. The molecule has 2 aliphatic rings. The molecule has 2 heterocycles. The Morgan fingerprint density at radius 2 is 2.06 bits per heavy atom. The number of hydrogen-bond donors (Lipinski definition) is 1. The van der Waals surface area contributed by atoms with Gasteiger partial charge in [-0.15, -0.1) is 6.58 Å². The molecule has 1 aliphatic heterocycles. The summed E-state index contributed by atoms with van der Waals surface area (Å²) in [5.41, 5.74) is 3.07. The Bertz CT molecular complexity index is 1110. The first-order valence-corrected chi connectivity index (χ1v) is 12.7. The van der Waals surface area contributed by atoms with Crippen molar-refractivity contribution in [2.45, 2.75) is 46.1 Å². The monoisotopic (exact) mass is 475 g/mol. The van der Waals surface area contributed by atoms with E-state index in [9.17, 15) is 5.11 Å². The van der Waals surface area contributed by atoms with Crippen LogP contribution >= 0.6 is 0 Å². The predicted octanol–water partition coefficient (Wildman–Crippen LogP) is 5.61. The number of likely N-dealkylation sites (N-methyl/N-ethyl adjacent to an activating group) is 1. The van der Waals surface area contributed by atoms with E-state index < -0.39 is 0 Å². The highest BCUT2D eigenvalue weighted by atomic mass is 16.7. The van der Waals surface area contributed by atoms with Gasteiger partial charge in [-0.2, -0.15) is 0 Å². The van der Waals surface area contributed by atoms with Crippen molar-refractivity contribution < 1.29 is 14.6 Å². The van der Waals surface area contributed by atoms with E-state index in [1.807, 2.05) is 30.4 Å². The largest absolute Gasteiger partial charge is 0.507 e. The molecule has 0 bridgehead atoms. The zero-order valence-electron chi connectivity index (χ0n) is 20.9. The summed E-state index contributed by atoms with van der Waals surface area (Å²) in [7, 11) is 0. The van der Waals surface area contributed by atoms with E-state index in [2.05, 4.69) is 48.1 Å². The van der Waals surface area contributed by atoms with E-state index in [4.69, 9.17) is 14.5 Å². The number of ether oxygens (including phenoxy) is 2. The molecule has 0 spiro atoms. The van der Waals surface area contributed by atoms with Gasteiger partial charge in [-0.25, -0.2) is 4.98 Å². The number of benzene rings is 1. The number of para-hydroxylation sites is 1. The van der Waals surface area contributed by atoms with Crippen LogP contribution in [0.1, 0.15) is 38.1 Å². The SMILES string of the molecule is C=CCc1nc(-c2ccccc2O)n(CCCC)c1CCN(CC)CC1C=CC=C2OCOC2=C1. The van der Waals surface area contributed by atoms with Crippen LogP contribution in [-0.2, 0) is 28.9 Å². The minimum absolute atomic E-state index is 0.259. The molecular weight excluding hydrogens is 438 g/mol. The summed E-state index contributed by atoms with van der Waals surface area (Å²) in [6.07, 6.45) is 14.1. The van der Waals surface area contributed by atoms with Crippen LogP contribution in [0.15, 0.2) is 72.7 Å². The van der Waals surface area contributed by atoms with Gasteiger partial charge in [-0.3, -0.25) is 0 Å². The van der Waals surface area contributed by atoms with Crippen molar-refractivity contribution in [1.29, 1.82) is 0 Å². The molecule has 0 saturated carbocycles. The second-order valence-corrected chi connectivity index (χ2v) is 9.00. The van der Waals surface area contributed by atoms with Crippen molar-refractivity contribution in [3.63, 3.8) is 0 Å². The maximum atomic E-state index is 10.6. The highest BCUT2D eigenvalue weighted by molar-refractivity contribution is 5.65. The van der Waals surface area contributed by atoms with Crippen molar-refractivity contribution in [2.24, 2.45) is 5.92 Å². The summed E-state index contributed by atoms with van der Waals surface area (Å²) in [4.78, 5) is 7.48. The molecule has 35 heavy (non-hydrogen) atoms. The molecule has 2 aromatic rings. The Morgan fingerprint density at radius 1 is 1.23 bits per heavy atom. The Balaban J connectivity index is 1.56. The number of fused-ring (bicyclic) bond motifs is 1. The molecule has 1 saturated heterocycles. The van der Waals surface area contributed by atoms with Crippen LogP contribution in [0.4, 0.5) is 0 Å². The van der Waals surface area contributed by atoms with Gasteiger partial charge in [0.05, 0.1) is 11.3 Å². The highest BCUT2D eigenvalue weighted by Crippen LogP contribution is 2.31. The van der Waals surface area contributed by atoms with Crippen LogP contribution in [0.25, 0.3) is 11.4 Å². The number of imidazole rings is 1. The maximum absolute atomic E-state index is 10.6. The van der Waals surface area contributed by atoms with Crippen LogP contribution < -0.4 is 0 Å². The normalized spacial score (nSPS) is 16.8. The molecule has 1 fully saturated rings. The van der Waals surface area contributed by atoms with Gasteiger partial charge < -0.3 is 24.0 Å². The zero-order valence-corrected chi connectivity index (χ0v) is 20.9. The van der Waals surface area contributed by atoms with E-state index >= 15 is 0 Å². The number of aromatic nitrogens is 2. The van der Waals surface area contributed by atoms with Crippen LogP contribution in [0.3, 0.4) is 0 Å². The number of phenolic OH excluding ortho intramolecular Hbond substituents is 1. The lowest BCUT2D eigenvalue weighted by Gasteiger charge is -2.24.